The van der Waals surface area contributed by atoms with Gasteiger partial charge in [-0.3, -0.25) is 4.98 Å². The van der Waals surface area contributed by atoms with Crippen molar-refractivity contribution in [1.29, 1.82) is 0 Å². The van der Waals surface area contributed by atoms with Crippen molar-refractivity contribution in [2.45, 2.75) is 20.4 Å². The van der Waals surface area contributed by atoms with Crippen LogP contribution >= 0.6 is 34.8 Å². The highest BCUT2D eigenvalue weighted by molar-refractivity contribution is 6.41. The fourth-order valence-corrected chi connectivity index (χ4v) is 3.08. The summed E-state index contributed by atoms with van der Waals surface area (Å²) in [6.45, 7) is 4.42. The molecule has 0 saturated heterocycles. The molecular formula is C15H15Cl3N2O. The Bertz CT molecular complexity index is 651. The van der Waals surface area contributed by atoms with Crippen LogP contribution in [0.4, 0.5) is 5.69 Å². The third kappa shape index (κ3) is 3.54. The molecule has 0 unspecified atom stereocenters. The normalized spacial score (nSPS) is 10.6. The van der Waals surface area contributed by atoms with Crippen molar-refractivity contribution >= 4 is 40.5 Å². The molecular weight excluding hydrogens is 331 g/mol. The molecule has 0 aliphatic heterocycles. The molecule has 0 saturated carbocycles. The number of pyridine rings is 1. The van der Waals surface area contributed by atoms with Gasteiger partial charge in [-0.25, -0.2) is 0 Å². The Kier molecular flexibility index (Phi) is 5.20. The first kappa shape index (κ1) is 16.2. The number of rotatable bonds is 4. The van der Waals surface area contributed by atoms with Gasteiger partial charge in [0.25, 0.3) is 0 Å². The molecule has 2 rings (SSSR count). The first-order valence-corrected chi connectivity index (χ1v) is 7.45. The highest BCUT2D eigenvalue weighted by Crippen LogP contribution is 2.34. The Morgan fingerprint density at radius 3 is 2.33 bits per heavy atom. The van der Waals surface area contributed by atoms with Gasteiger partial charge in [-0.2, -0.15) is 0 Å². The Morgan fingerprint density at radius 1 is 1.14 bits per heavy atom. The molecule has 0 aliphatic rings. The summed E-state index contributed by atoms with van der Waals surface area (Å²) in [4.78, 5) is 4.42. The fraction of sp³-hybridized carbons (Fsp3) is 0.267. The number of benzene rings is 1. The van der Waals surface area contributed by atoms with Crippen molar-refractivity contribution in [3.05, 3.63) is 50.2 Å². The number of anilines is 1. The van der Waals surface area contributed by atoms with E-state index in [1.807, 2.05) is 13.8 Å². The van der Waals surface area contributed by atoms with Crippen molar-refractivity contribution in [2.75, 3.05) is 12.4 Å². The fourth-order valence-electron chi connectivity index (χ4n) is 2.13. The molecule has 1 aromatic heterocycles. The molecule has 0 amide bonds. The third-order valence-corrected chi connectivity index (χ3v) is 4.00. The van der Waals surface area contributed by atoms with E-state index in [9.17, 15) is 0 Å². The molecule has 112 valence electrons. The molecule has 0 fully saturated rings. The summed E-state index contributed by atoms with van der Waals surface area (Å²) in [5.41, 5.74) is 3.51. The highest BCUT2D eigenvalue weighted by Gasteiger charge is 2.12. The van der Waals surface area contributed by atoms with Crippen LogP contribution in [-0.4, -0.2) is 12.1 Å². The summed E-state index contributed by atoms with van der Waals surface area (Å²) < 4.78 is 5.39. The molecule has 0 spiro atoms. The molecule has 2 aromatic rings. The molecule has 6 heteroatoms. The average molecular weight is 346 g/mol. The quantitative estimate of drug-likeness (QED) is 0.818. The molecule has 1 N–H and O–H groups in total. The minimum absolute atomic E-state index is 0.476. The van der Waals surface area contributed by atoms with Crippen molar-refractivity contribution in [1.82, 2.24) is 4.98 Å². The summed E-state index contributed by atoms with van der Waals surface area (Å²) in [6, 6.07) is 3.29. The molecule has 0 bridgehead atoms. The zero-order valence-electron chi connectivity index (χ0n) is 11.9. The summed E-state index contributed by atoms with van der Waals surface area (Å²) in [5.74, 6) is 0.843. The lowest BCUT2D eigenvalue weighted by atomic mass is 10.1. The van der Waals surface area contributed by atoms with E-state index in [-0.39, 0.29) is 0 Å². The average Bonchev–Trinajstić information content (AvgIpc) is 2.40. The van der Waals surface area contributed by atoms with Crippen LogP contribution in [0.5, 0.6) is 5.75 Å². The number of nitrogens with one attached hydrogen (secondary N) is 1. The van der Waals surface area contributed by atoms with Crippen LogP contribution in [0.25, 0.3) is 0 Å². The standard InChI is InChI=1S/C15H15Cl3N2O/c1-8-6-19-13(9(2)15(8)21-3)7-20-14-11(17)4-10(16)5-12(14)18/h4-6,20H,7H2,1-3H3. The molecule has 0 aliphatic carbocycles. The molecule has 1 aromatic carbocycles. The van der Waals surface area contributed by atoms with Gasteiger partial charge in [0.05, 0.1) is 35.1 Å². The Labute approximate surface area is 139 Å². The number of nitrogens with zero attached hydrogens (tertiary/aromatic N) is 1. The minimum atomic E-state index is 0.476. The van der Waals surface area contributed by atoms with Gasteiger partial charge in [0, 0.05) is 22.3 Å². The van der Waals surface area contributed by atoms with Crippen LogP contribution in [0.3, 0.4) is 0 Å². The van der Waals surface area contributed by atoms with Crippen LogP contribution in [0.2, 0.25) is 15.1 Å². The highest BCUT2D eigenvalue weighted by atomic mass is 35.5. The summed E-state index contributed by atoms with van der Waals surface area (Å²) in [5, 5.41) is 4.65. The van der Waals surface area contributed by atoms with Crippen molar-refractivity contribution in [3.63, 3.8) is 0 Å². The predicted octanol–water partition coefficient (Wildman–Crippen LogP) is 5.28. The van der Waals surface area contributed by atoms with Crippen molar-refractivity contribution in [2.24, 2.45) is 0 Å². The lowest BCUT2D eigenvalue weighted by Crippen LogP contribution is -2.06. The zero-order valence-corrected chi connectivity index (χ0v) is 14.2. The number of halogens is 3. The van der Waals surface area contributed by atoms with Crippen LogP contribution in [0, 0.1) is 13.8 Å². The minimum Gasteiger partial charge on any atom is -0.496 e. The lowest BCUT2D eigenvalue weighted by Gasteiger charge is -2.14. The number of methoxy groups -OCH3 is 1. The molecule has 1 heterocycles. The predicted molar refractivity (Wildman–Crippen MR) is 89.1 cm³/mol. The maximum absolute atomic E-state index is 6.15. The number of aryl methyl sites for hydroxylation is 1. The second-order valence-corrected chi connectivity index (χ2v) is 5.89. The number of hydrogen-bond acceptors (Lipinski definition) is 3. The Morgan fingerprint density at radius 2 is 1.76 bits per heavy atom. The topological polar surface area (TPSA) is 34.1 Å². The van der Waals surface area contributed by atoms with Gasteiger partial charge in [-0.15, -0.1) is 0 Å². The van der Waals surface area contributed by atoms with Gasteiger partial charge < -0.3 is 10.1 Å². The largest absolute Gasteiger partial charge is 0.496 e. The van der Waals surface area contributed by atoms with E-state index in [0.29, 0.717) is 27.3 Å². The van der Waals surface area contributed by atoms with Crippen LogP contribution < -0.4 is 10.1 Å². The van der Waals surface area contributed by atoms with E-state index in [1.165, 1.54) is 0 Å². The van der Waals surface area contributed by atoms with Gasteiger partial charge >= 0.3 is 0 Å². The number of hydrogen-bond donors (Lipinski definition) is 1. The van der Waals surface area contributed by atoms with E-state index >= 15 is 0 Å². The first-order chi connectivity index (χ1) is 9.93. The monoisotopic (exact) mass is 344 g/mol. The Hall–Kier alpha value is -1.16. The first-order valence-electron chi connectivity index (χ1n) is 6.31. The number of ether oxygens (including phenoxy) is 1. The van der Waals surface area contributed by atoms with Gasteiger partial charge in [-0.1, -0.05) is 34.8 Å². The SMILES string of the molecule is COc1c(C)cnc(CNc2c(Cl)cc(Cl)cc2Cl)c1C. The lowest BCUT2D eigenvalue weighted by molar-refractivity contribution is 0.407. The van der Waals surface area contributed by atoms with Crippen molar-refractivity contribution in [3.8, 4) is 5.75 Å². The van der Waals surface area contributed by atoms with Gasteiger partial charge in [0.15, 0.2) is 0 Å². The van der Waals surface area contributed by atoms with Gasteiger partial charge in [-0.05, 0) is 26.0 Å². The smallest absolute Gasteiger partial charge is 0.128 e. The maximum atomic E-state index is 6.15. The Balaban J connectivity index is 2.25. The maximum Gasteiger partial charge on any atom is 0.128 e. The van der Waals surface area contributed by atoms with Crippen LogP contribution in [-0.2, 0) is 6.54 Å². The zero-order chi connectivity index (χ0) is 15.6. The second-order valence-electron chi connectivity index (χ2n) is 4.64. The molecule has 0 atom stereocenters. The van der Waals surface area contributed by atoms with Crippen molar-refractivity contribution < 1.29 is 4.74 Å². The summed E-state index contributed by atoms with van der Waals surface area (Å²) in [7, 11) is 1.65. The van der Waals surface area contributed by atoms with Crippen LogP contribution in [0.1, 0.15) is 16.8 Å². The van der Waals surface area contributed by atoms with E-state index < -0.39 is 0 Å². The summed E-state index contributed by atoms with van der Waals surface area (Å²) in [6.07, 6.45) is 1.79. The van der Waals surface area contributed by atoms with E-state index in [0.717, 1.165) is 22.6 Å². The summed E-state index contributed by atoms with van der Waals surface area (Å²) >= 11 is 18.2. The van der Waals surface area contributed by atoms with Crippen LogP contribution in [0.15, 0.2) is 18.3 Å². The molecule has 21 heavy (non-hydrogen) atoms. The number of aromatic nitrogens is 1. The molecule has 0 radical (unpaired) electrons. The van der Waals surface area contributed by atoms with E-state index in [2.05, 4.69) is 10.3 Å². The molecule has 3 nitrogen and oxygen atoms in total. The van der Waals surface area contributed by atoms with Gasteiger partial charge in [0.1, 0.15) is 5.75 Å². The van der Waals surface area contributed by atoms with E-state index in [4.69, 9.17) is 39.5 Å². The second kappa shape index (κ2) is 6.73. The third-order valence-electron chi connectivity index (χ3n) is 3.19. The van der Waals surface area contributed by atoms with E-state index in [1.54, 1.807) is 25.4 Å². The van der Waals surface area contributed by atoms with Gasteiger partial charge in [0.2, 0.25) is 0 Å².